The Labute approximate surface area is 230 Å². The van der Waals surface area contributed by atoms with E-state index in [1.807, 2.05) is 6.07 Å². The molecule has 0 spiro atoms. The van der Waals surface area contributed by atoms with E-state index in [0.29, 0.717) is 12.5 Å². The quantitative estimate of drug-likeness (QED) is 0.202. The topological polar surface area (TPSA) is 24.1 Å². The molecule has 0 aliphatic carbocycles. The molecule has 0 saturated carbocycles. The van der Waals surface area contributed by atoms with Gasteiger partial charge < -0.3 is 10.6 Å². The molecule has 0 saturated heterocycles. The average Bonchev–Trinajstić information content (AvgIpc) is 2.90. The van der Waals surface area contributed by atoms with Gasteiger partial charge in [-0.25, -0.2) is 0 Å². The highest BCUT2D eigenvalue weighted by molar-refractivity contribution is 5.69. The number of benzene rings is 3. The molecule has 2 nitrogen and oxygen atoms in total. The lowest BCUT2D eigenvalue weighted by Gasteiger charge is -2.22. The fourth-order valence-electron chi connectivity index (χ4n) is 4.71. The maximum Gasteiger partial charge on any atom is 0.0538 e. The van der Waals surface area contributed by atoms with Gasteiger partial charge in [0.1, 0.15) is 0 Å². The summed E-state index contributed by atoms with van der Waals surface area (Å²) in [6.07, 6.45) is 7.39. The monoisotopic (exact) mass is 504 g/mol. The van der Waals surface area contributed by atoms with Crippen LogP contribution in [-0.4, -0.2) is 6.54 Å². The molecule has 38 heavy (non-hydrogen) atoms. The van der Waals surface area contributed by atoms with Crippen molar-refractivity contribution < 1.29 is 0 Å². The van der Waals surface area contributed by atoms with Gasteiger partial charge in [0.05, 0.1) is 6.54 Å². The van der Waals surface area contributed by atoms with Gasteiger partial charge in [-0.2, -0.15) is 0 Å². The molecule has 0 heterocycles. The van der Waals surface area contributed by atoms with Crippen molar-refractivity contribution in [3.63, 3.8) is 0 Å². The SMILES string of the molecule is C=C(CC(C)C)CC(C/C=C/c1ccc(-c2ccccc2)c(C)c1)C(=C)NCC(=C)NCc1ccccc1. The van der Waals surface area contributed by atoms with Crippen molar-refractivity contribution >= 4 is 6.08 Å². The summed E-state index contributed by atoms with van der Waals surface area (Å²) in [5.74, 6) is 0.886. The van der Waals surface area contributed by atoms with Crippen molar-refractivity contribution in [1.82, 2.24) is 10.6 Å². The Kier molecular flexibility index (Phi) is 11.2. The maximum absolute atomic E-state index is 4.41. The van der Waals surface area contributed by atoms with Crippen molar-refractivity contribution in [2.24, 2.45) is 11.8 Å². The zero-order valence-corrected chi connectivity index (χ0v) is 23.5. The van der Waals surface area contributed by atoms with E-state index in [-0.39, 0.29) is 5.92 Å². The van der Waals surface area contributed by atoms with E-state index in [9.17, 15) is 0 Å². The Balaban J connectivity index is 1.59. The summed E-state index contributed by atoms with van der Waals surface area (Å²) in [5.41, 5.74) is 9.57. The van der Waals surface area contributed by atoms with Crippen LogP contribution >= 0.6 is 0 Å². The van der Waals surface area contributed by atoms with E-state index in [2.05, 4.69) is 136 Å². The molecule has 3 rings (SSSR count). The minimum absolute atomic E-state index is 0.282. The highest BCUT2D eigenvalue weighted by Crippen LogP contribution is 2.27. The van der Waals surface area contributed by atoms with Crippen molar-refractivity contribution in [1.29, 1.82) is 0 Å². The lowest BCUT2D eigenvalue weighted by atomic mass is 9.90. The lowest BCUT2D eigenvalue weighted by molar-refractivity contribution is 0.535. The third-order valence-electron chi connectivity index (χ3n) is 6.71. The molecule has 2 heteroatoms. The molecular weight excluding hydrogens is 460 g/mol. The highest BCUT2D eigenvalue weighted by atomic mass is 15.0. The summed E-state index contributed by atoms with van der Waals surface area (Å²) in [4.78, 5) is 0. The van der Waals surface area contributed by atoms with Gasteiger partial charge in [-0.15, -0.1) is 0 Å². The predicted octanol–water partition coefficient (Wildman–Crippen LogP) is 9.08. The number of rotatable bonds is 15. The first-order valence-electron chi connectivity index (χ1n) is 13.7. The molecule has 0 aromatic heterocycles. The van der Waals surface area contributed by atoms with Crippen LogP contribution in [0.2, 0.25) is 0 Å². The van der Waals surface area contributed by atoms with Crippen molar-refractivity contribution in [2.45, 2.75) is 46.6 Å². The van der Waals surface area contributed by atoms with Crippen LogP contribution in [0.1, 0.15) is 49.8 Å². The number of nitrogens with one attached hydrogen (secondary N) is 2. The fraction of sp³-hybridized carbons (Fsp3) is 0.278. The molecule has 3 aromatic carbocycles. The first kappa shape index (κ1) is 28.8. The van der Waals surface area contributed by atoms with Crippen LogP contribution in [0.4, 0.5) is 0 Å². The normalized spacial score (nSPS) is 11.9. The number of allylic oxidation sites excluding steroid dienone is 3. The molecule has 0 bridgehead atoms. The predicted molar refractivity (Wildman–Crippen MR) is 167 cm³/mol. The number of aryl methyl sites for hydroxylation is 1. The van der Waals surface area contributed by atoms with Gasteiger partial charge >= 0.3 is 0 Å². The standard InChI is InChI=1S/C36H44N2/c1-27(2)22-28(3)23-35(31(6)38-25-30(5)37-26-33-14-9-7-10-15-33)19-13-16-32-20-21-36(29(4)24-32)34-17-11-8-12-18-34/h7-18,20-21,24,27,35,37-38H,3,5-6,19,22-23,25-26H2,1-2,4H3/b16-13+. The van der Waals surface area contributed by atoms with E-state index in [1.165, 1.54) is 33.4 Å². The zero-order valence-electron chi connectivity index (χ0n) is 23.5. The van der Waals surface area contributed by atoms with Crippen molar-refractivity contribution in [2.75, 3.05) is 6.54 Å². The molecular formula is C36H44N2. The van der Waals surface area contributed by atoms with Gasteiger partial charge in [-0.05, 0) is 59.9 Å². The van der Waals surface area contributed by atoms with Crippen molar-refractivity contribution in [3.05, 3.63) is 138 Å². The largest absolute Gasteiger partial charge is 0.383 e. The Morgan fingerprint density at radius 2 is 1.53 bits per heavy atom. The average molecular weight is 505 g/mol. The summed E-state index contributed by atoms with van der Waals surface area (Å²) >= 11 is 0. The second-order valence-electron chi connectivity index (χ2n) is 10.6. The Hall–Kier alpha value is -3.78. The van der Waals surface area contributed by atoms with Gasteiger partial charge in [-0.3, -0.25) is 0 Å². The molecule has 0 amide bonds. The van der Waals surface area contributed by atoms with Crippen molar-refractivity contribution in [3.8, 4) is 11.1 Å². The summed E-state index contributed by atoms with van der Waals surface area (Å²) < 4.78 is 0. The second-order valence-corrected chi connectivity index (χ2v) is 10.6. The molecule has 0 fully saturated rings. The summed E-state index contributed by atoms with van der Waals surface area (Å²) in [6.45, 7) is 21.1. The smallest absolute Gasteiger partial charge is 0.0538 e. The van der Waals surface area contributed by atoms with Gasteiger partial charge in [-0.1, -0.05) is 130 Å². The molecule has 2 N–H and O–H groups in total. The molecule has 0 aliphatic heterocycles. The molecule has 198 valence electrons. The first-order valence-corrected chi connectivity index (χ1v) is 13.7. The zero-order chi connectivity index (χ0) is 27.3. The molecule has 1 unspecified atom stereocenters. The van der Waals surface area contributed by atoms with Crippen LogP contribution in [0.15, 0.2) is 122 Å². The van der Waals surface area contributed by atoms with Gasteiger partial charge in [0.25, 0.3) is 0 Å². The Morgan fingerprint density at radius 1 is 0.842 bits per heavy atom. The van der Waals surface area contributed by atoms with Crippen LogP contribution in [-0.2, 0) is 6.54 Å². The van der Waals surface area contributed by atoms with Crippen LogP contribution in [0, 0.1) is 18.8 Å². The summed E-state index contributed by atoms with van der Waals surface area (Å²) in [7, 11) is 0. The summed E-state index contributed by atoms with van der Waals surface area (Å²) in [6, 6.07) is 27.6. The third kappa shape index (κ3) is 9.59. The first-order chi connectivity index (χ1) is 18.3. The molecule has 0 radical (unpaired) electrons. The Bertz CT molecular complexity index is 1220. The molecule has 0 aliphatic rings. The van der Waals surface area contributed by atoms with Gasteiger partial charge in [0.15, 0.2) is 0 Å². The summed E-state index contributed by atoms with van der Waals surface area (Å²) in [5, 5.41) is 6.95. The number of hydrogen-bond donors (Lipinski definition) is 2. The maximum atomic E-state index is 4.41. The minimum Gasteiger partial charge on any atom is -0.383 e. The van der Waals surface area contributed by atoms with E-state index < -0.39 is 0 Å². The van der Waals surface area contributed by atoms with Crippen LogP contribution in [0.25, 0.3) is 17.2 Å². The van der Waals surface area contributed by atoms with Crippen LogP contribution in [0.5, 0.6) is 0 Å². The molecule has 3 aromatic rings. The van der Waals surface area contributed by atoms with E-state index in [1.54, 1.807) is 0 Å². The number of hydrogen-bond acceptors (Lipinski definition) is 2. The van der Waals surface area contributed by atoms with E-state index in [4.69, 9.17) is 0 Å². The Morgan fingerprint density at radius 3 is 2.18 bits per heavy atom. The fourth-order valence-corrected chi connectivity index (χ4v) is 4.71. The highest BCUT2D eigenvalue weighted by Gasteiger charge is 2.14. The van der Waals surface area contributed by atoms with Crippen LogP contribution < -0.4 is 10.6 Å². The van der Waals surface area contributed by atoms with Gasteiger partial charge in [0.2, 0.25) is 0 Å². The lowest BCUT2D eigenvalue weighted by Crippen LogP contribution is -2.27. The minimum atomic E-state index is 0.282. The van der Waals surface area contributed by atoms with Crippen LogP contribution in [0.3, 0.4) is 0 Å². The van der Waals surface area contributed by atoms with Gasteiger partial charge in [0, 0.05) is 23.9 Å². The third-order valence-corrected chi connectivity index (χ3v) is 6.71. The van der Waals surface area contributed by atoms with E-state index in [0.717, 1.165) is 37.2 Å². The second kappa shape index (κ2) is 14.8. The molecule has 1 atom stereocenters. The van der Waals surface area contributed by atoms with E-state index >= 15 is 0 Å².